The summed E-state index contributed by atoms with van der Waals surface area (Å²) in [6.45, 7) is 3.81. The maximum absolute atomic E-state index is 10.9. The van der Waals surface area contributed by atoms with Gasteiger partial charge >= 0.3 is 0 Å². The summed E-state index contributed by atoms with van der Waals surface area (Å²) in [6.07, 6.45) is 0. The number of nitrogens with zero attached hydrogens (tertiary/aromatic N) is 1. The number of nitrogens with two attached hydrogens (primary N) is 1. The molecular weight excluding hydrogens is 144 g/mol. The zero-order chi connectivity index (χ0) is 8.10. The highest BCUT2D eigenvalue weighted by atomic mass is 16.5. The number of hydrogen-bond acceptors (Lipinski definition) is 4. The van der Waals surface area contributed by atoms with Crippen LogP contribution in [0.3, 0.4) is 0 Å². The van der Waals surface area contributed by atoms with Crippen molar-refractivity contribution >= 4 is 5.78 Å². The Morgan fingerprint density at radius 1 is 1.45 bits per heavy atom. The van der Waals surface area contributed by atoms with Gasteiger partial charge in [0.25, 0.3) is 0 Å². The topological polar surface area (TPSA) is 55.6 Å². The molecule has 0 spiro atoms. The summed E-state index contributed by atoms with van der Waals surface area (Å²) in [5, 5.41) is 0. The zero-order valence-corrected chi connectivity index (χ0v) is 6.58. The number of carbonyl (C=O) groups is 1. The normalized spacial score (nSPS) is 20.1. The molecule has 0 saturated carbocycles. The Labute approximate surface area is 66.3 Å². The lowest BCUT2D eigenvalue weighted by atomic mass is 10.3. The van der Waals surface area contributed by atoms with Gasteiger partial charge in [0.1, 0.15) is 0 Å². The van der Waals surface area contributed by atoms with E-state index < -0.39 is 0 Å². The molecule has 1 fully saturated rings. The van der Waals surface area contributed by atoms with Gasteiger partial charge in [0.15, 0.2) is 5.78 Å². The van der Waals surface area contributed by atoms with E-state index in [2.05, 4.69) is 4.90 Å². The molecule has 0 atom stereocenters. The number of ether oxygens (including phenoxy) is 1. The summed E-state index contributed by atoms with van der Waals surface area (Å²) in [6, 6.07) is 0. The van der Waals surface area contributed by atoms with Crippen LogP contribution in [0.1, 0.15) is 0 Å². The van der Waals surface area contributed by atoms with Crippen molar-refractivity contribution < 1.29 is 9.53 Å². The SMILES string of the molecule is NCC(=O)CN1CCOCC1. The van der Waals surface area contributed by atoms with E-state index in [0.717, 1.165) is 26.3 Å². The minimum Gasteiger partial charge on any atom is -0.379 e. The molecule has 11 heavy (non-hydrogen) atoms. The zero-order valence-electron chi connectivity index (χ0n) is 6.58. The number of Topliss-reactive ketones (excluding diaryl/α,β-unsaturated/α-hetero) is 1. The molecule has 1 rings (SSSR count). The molecule has 0 bridgehead atoms. The van der Waals surface area contributed by atoms with Gasteiger partial charge in [-0.15, -0.1) is 0 Å². The van der Waals surface area contributed by atoms with Crippen LogP contribution >= 0.6 is 0 Å². The van der Waals surface area contributed by atoms with E-state index >= 15 is 0 Å². The third kappa shape index (κ3) is 2.96. The third-order valence-corrected chi connectivity index (χ3v) is 1.73. The van der Waals surface area contributed by atoms with Gasteiger partial charge in [-0.2, -0.15) is 0 Å². The Balaban J connectivity index is 2.19. The van der Waals surface area contributed by atoms with Crippen molar-refractivity contribution in [2.45, 2.75) is 0 Å². The second-order valence-corrected chi connectivity index (χ2v) is 2.63. The average Bonchev–Trinajstić information content (AvgIpc) is 2.06. The highest BCUT2D eigenvalue weighted by molar-refractivity contribution is 5.82. The molecule has 0 amide bonds. The van der Waals surface area contributed by atoms with Crippen molar-refractivity contribution in [1.29, 1.82) is 0 Å². The number of carbonyl (C=O) groups excluding carboxylic acids is 1. The van der Waals surface area contributed by atoms with Crippen LogP contribution in [0, 0.1) is 0 Å². The summed E-state index contributed by atoms with van der Waals surface area (Å²) >= 11 is 0. The third-order valence-electron chi connectivity index (χ3n) is 1.73. The van der Waals surface area contributed by atoms with Crippen LogP contribution in [0.2, 0.25) is 0 Å². The van der Waals surface area contributed by atoms with Crippen LogP contribution in [0.25, 0.3) is 0 Å². The molecule has 1 heterocycles. The second kappa shape index (κ2) is 4.43. The van der Waals surface area contributed by atoms with Gasteiger partial charge in [0.2, 0.25) is 0 Å². The minimum absolute atomic E-state index is 0.104. The molecular formula is C7H14N2O2. The van der Waals surface area contributed by atoms with Gasteiger partial charge in [0.05, 0.1) is 26.3 Å². The van der Waals surface area contributed by atoms with Crippen LogP contribution in [-0.4, -0.2) is 50.1 Å². The van der Waals surface area contributed by atoms with Crippen LogP contribution in [0.5, 0.6) is 0 Å². The molecule has 0 aliphatic carbocycles. The van der Waals surface area contributed by atoms with Crippen molar-refractivity contribution in [2.75, 3.05) is 39.4 Å². The molecule has 0 aromatic rings. The fourth-order valence-corrected chi connectivity index (χ4v) is 1.07. The first kappa shape index (κ1) is 8.64. The molecule has 4 heteroatoms. The van der Waals surface area contributed by atoms with Crippen LogP contribution in [0.4, 0.5) is 0 Å². The lowest BCUT2D eigenvalue weighted by Gasteiger charge is -2.25. The van der Waals surface area contributed by atoms with Crippen molar-refractivity contribution in [3.63, 3.8) is 0 Å². The highest BCUT2D eigenvalue weighted by Gasteiger charge is 2.12. The molecule has 1 saturated heterocycles. The monoisotopic (exact) mass is 158 g/mol. The Morgan fingerprint density at radius 2 is 2.09 bits per heavy atom. The molecule has 0 aromatic heterocycles. The Morgan fingerprint density at radius 3 is 2.64 bits per heavy atom. The lowest BCUT2D eigenvalue weighted by Crippen LogP contribution is -2.41. The summed E-state index contributed by atoms with van der Waals surface area (Å²) in [7, 11) is 0. The highest BCUT2D eigenvalue weighted by Crippen LogP contribution is 1.95. The fourth-order valence-electron chi connectivity index (χ4n) is 1.07. The van der Waals surface area contributed by atoms with Gasteiger partial charge in [-0.1, -0.05) is 0 Å². The molecule has 2 N–H and O–H groups in total. The van der Waals surface area contributed by atoms with Crippen LogP contribution in [-0.2, 0) is 9.53 Å². The summed E-state index contributed by atoms with van der Waals surface area (Å²) in [4.78, 5) is 12.9. The standard InChI is InChI=1S/C7H14N2O2/c8-5-7(10)6-9-1-3-11-4-2-9/h1-6,8H2. The lowest BCUT2D eigenvalue weighted by molar-refractivity contribution is -0.119. The Kier molecular flexibility index (Phi) is 3.48. The van der Waals surface area contributed by atoms with Crippen molar-refractivity contribution in [2.24, 2.45) is 5.73 Å². The van der Waals surface area contributed by atoms with Crippen molar-refractivity contribution in [3.8, 4) is 0 Å². The van der Waals surface area contributed by atoms with E-state index in [9.17, 15) is 4.79 Å². The predicted octanol–water partition coefficient (Wildman–Crippen LogP) is -1.15. The maximum atomic E-state index is 10.9. The largest absolute Gasteiger partial charge is 0.379 e. The number of morpholine rings is 1. The Bertz CT molecular complexity index is 132. The molecule has 1 aliphatic rings. The van der Waals surface area contributed by atoms with Gasteiger partial charge in [-0.05, 0) is 0 Å². The maximum Gasteiger partial charge on any atom is 0.160 e. The average molecular weight is 158 g/mol. The van der Waals surface area contributed by atoms with E-state index in [1.54, 1.807) is 0 Å². The van der Waals surface area contributed by atoms with Crippen molar-refractivity contribution in [1.82, 2.24) is 4.90 Å². The van der Waals surface area contributed by atoms with Crippen LogP contribution in [0.15, 0.2) is 0 Å². The smallest absolute Gasteiger partial charge is 0.160 e. The van der Waals surface area contributed by atoms with Crippen LogP contribution < -0.4 is 5.73 Å². The Hall–Kier alpha value is -0.450. The van der Waals surface area contributed by atoms with Gasteiger partial charge in [0, 0.05) is 13.1 Å². The quantitative estimate of drug-likeness (QED) is 0.563. The molecule has 0 radical (unpaired) electrons. The molecule has 64 valence electrons. The van der Waals surface area contributed by atoms with E-state index in [1.807, 2.05) is 0 Å². The summed E-state index contributed by atoms with van der Waals surface area (Å²) in [5.41, 5.74) is 5.18. The molecule has 4 nitrogen and oxygen atoms in total. The van der Waals surface area contributed by atoms with Gasteiger partial charge in [-0.3, -0.25) is 9.69 Å². The fraction of sp³-hybridized carbons (Fsp3) is 0.857. The molecule has 0 unspecified atom stereocenters. The van der Waals surface area contributed by atoms with E-state index in [1.165, 1.54) is 0 Å². The van der Waals surface area contributed by atoms with Gasteiger partial charge < -0.3 is 10.5 Å². The van der Waals surface area contributed by atoms with E-state index in [4.69, 9.17) is 10.5 Å². The molecule has 1 aliphatic heterocycles. The minimum atomic E-state index is 0.104. The molecule has 0 aromatic carbocycles. The summed E-state index contributed by atoms with van der Waals surface area (Å²) < 4.78 is 5.13. The van der Waals surface area contributed by atoms with E-state index in [-0.39, 0.29) is 12.3 Å². The number of rotatable bonds is 3. The summed E-state index contributed by atoms with van der Waals surface area (Å²) in [5.74, 6) is 0.104. The number of ketones is 1. The van der Waals surface area contributed by atoms with Crippen molar-refractivity contribution in [3.05, 3.63) is 0 Å². The second-order valence-electron chi connectivity index (χ2n) is 2.63. The van der Waals surface area contributed by atoms with Gasteiger partial charge in [-0.25, -0.2) is 0 Å². The first-order chi connectivity index (χ1) is 5.33. The predicted molar refractivity (Wildman–Crippen MR) is 41.3 cm³/mol. The number of hydrogen-bond donors (Lipinski definition) is 1. The first-order valence-electron chi connectivity index (χ1n) is 3.85. The first-order valence-corrected chi connectivity index (χ1v) is 3.85. The van der Waals surface area contributed by atoms with E-state index in [0.29, 0.717) is 6.54 Å².